The molecule has 1 aliphatic heterocycles. The molecule has 1 aromatic heterocycles. The number of amides is 1. The van der Waals surface area contributed by atoms with E-state index >= 15 is 0 Å². The zero-order chi connectivity index (χ0) is 16.9. The number of hydrogen-bond acceptors (Lipinski definition) is 4. The number of ether oxygens (including phenoxy) is 1. The first-order chi connectivity index (χ1) is 11.7. The third kappa shape index (κ3) is 3.97. The molecule has 2 unspecified atom stereocenters. The number of hydrogen-bond donors (Lipinski definition) is 1. The van der Waals surface area contributed by atoms with Gasteiger partial charge in [-0.15, -0.1) is 11.3 Å². The molecule has 24 heavy (non-hydrogen) atoms. The molecule has 2 aromatic rings. The van der Waals surface area contributed by atoms with Gasteiger partial charge in [0.2, 0.25) is 0 Å². The predicted octanol–water partition coefficient (Wildman–Crippen LogP) is 3.53. The summed E-state index contributed by atoms with van der Waals surface area (Å²) in [6.45, 7) is 4.05. The number of piperidine rings is 1. The normalized spacial score (nSPS) is 20.8. The van der Waals surface area contributed by atoms with E-state index in [1.165, 1.54) is 4.88 Å². The Balaban J connectivity index is 1.69. The first kappa shape index (κ1) is 17.0. The molecule has 1 amide bonds. The van der Waals surface area contributed by atoms with Crippen LogP contribution < -0.4 is 10.5 Å². The van der Waals surface area contributed by atoms with Crippen LogP contribution in [0.4, 0.5) is 0 Å². The Bertz CT molecular complexity index is 672. The van der Waals surface area contributed by atoms with Gasteiger partial charge in [-0.25, -0.2) is 0 Å². The molecule has 3 rings (SSSR count). The minimum Gasteiger partial charge on any atom is -0.488 e. The summed E-state index contributed by atoms with van der Waals surface area (Å²) in [6.07, 6.45) is 2.02. The highest BCUT2D eigenvalue weighted by Crippen LogP contribution is 2.25. The number of nitrogens with two attached hydrogens (primary N) is 1. The van der Waals surface area contributed by atoms with Crippen molar-refractivity contribution in [3.05, 3.63) is 52.2 Å². The highest BCUT2D eigenvalue weighted by Gasteiger charge is 2.29. The number of carbonyl (C=O) groups is 1. The quantitative estimate of drug-likeness (QED) is 0.903. The molecule has 1 saturated heterocycles. The fourth-order valence-corrected chi connectivity index (χ4v) is 3.79. The van der Waals surface area contributed by atoms with Crippen LogP contribution in [0.1, 0.15) is 35.0 Å². The van der Waals surface area contributed by atoms with Crippen molar-refractivity contribution in [1.29, 1.82) is 0 Å². The van der Waals surface area contributed by atoms with Gasteiger partial charge in [0.1, 0.15) is 12.4 Å². The average Bonchev–Trinajstić information content (AvgIpc) is 3.13. The second-order valence-corrected chi connectivity index (χ2v) is 7.45. The summed E-state index contributed by atoms with van der Waals surface area (Å²) in [5.74, 6) is 1.41. The molecule has 1 aliphatic rings. The molecule has 1 aromatic carbocycles. The zero-order valence-corrected chi connectivity index (χ0v) is 14.8. The van der Waals surface area contributed by atoms with Crippen molar-refractivity contribution in [1.82, 2.24) is 4.90 Å². The molecule has 0 radical (unpaired) electrons. The minimum atomic E-state index is 0.0546. The highest BCUT2D eigenvalue weighted by molar-refractivity contribution is 7.09. The molecule has 2 N–H and O–H groups in total. The summed E-state index contributed by atoms with van der Waals surface area (Å²) >= 11 is 1.66. The van der Waals surface area contributed by atoms with Gasteiger partial charge in [0.05, 0.1) is 0 Å². The van der Waals surface area contributed by atoms with Crippen molar-refractivity contribution in [3.8, 4) is 5.75 Å². The Morgan fingerprint density at radius 1 is 1.38 bits per heavy atom. The van der Waals surface area contributed by atoms with Crippen molar-refractivity contribution < 1.29 is 9.53 Å². The summed E-state index contributed by atoms with van der Waals surface area (Å²) in [5.41, 5.74) is 6.56. The van der Waals surface area contributed by atoms with E-state index in [0.29, 0.717) is 24.6 Å². The lowest BCUT2D eigenvalue weighted by molar-refractivity contribution is 0.0573. The Morgan fingerprint density at radius 2 is 2.25 bits per heavy atom. The Labute approximate surface area is 147 Å². The van der Waals surface area contributed by atoms with Crippen molar-refractivity contribution in [2.24, 2.45) is 11.7 Å². The maximum absolute atomic E-state index is 12.9. The third-order valence-corrected chi connectivity index (χ3v) is 5.40. The van der Waals surface area contributed by atoms with Gasteiger partial charge >= 0.3 is 0 Å². The molecular formula is C19H24N2O2S. The number of carbonyl (C=O) groups excluding carboxylic acids is 1. The fourth-order valence-electron chi connectivity index (χ4n) is 3.18. The van der Waals surface area contributed by atoms with Crippen LogP contribution in [-0.2, 0) is 6.61 Å². The molecule has 0 spiro atoms. The van der Waals surface area contributed by atoms with Crippen LogP contribution in [0.2, 0.25) is 0 Å². The van der Waals surface area contributed by atoms with Crippen LogP contribution in [0.15, 0.2) is 41.8 Å². The van der Waals surface area contributed by atoms with Crippen molar-refractivity contribution >= 4 is 17.2 Å². The Morgan fingerprint density at radius 3 is 3.00 bits per heavy atom. The van der Waals surface area contributed by atoms with Gasteiger partial charge in [0.25, 0.3) is 5.91 Å². The predicted molar refractivity (Wildman–Crippen MR) is 97.4 cm³/mol. The highest BCUT2D eigenvalue weighted by atomic mass is 32.1. The van der Waals surface area contributed by atoms with Gasteiger partial charge in [0, 0.05) is 29.6 Å². The summed E-state index contributed by atoms with van der Waals surface area (Å²) in [6, 6.07) is 11.6. The number of thiophene rings is 1. The molecule has 2 heterocycles. The smallest absolute Gasteiger partial charge is 0.254 e. The number of likely N-dealkylation sites (tertiary alicyclic amines) is 1. The van der Waals surface area contributed by atoms with Crippen molar-refractivity contribution in [3.63, 3.8) is 0 Å². The van der Waals surface area contributed by atoms with Gasteiger partial charge in [0.15, 0.2) is 0 Å². The van der Waals surface area contributed by atoms with Gasteiger partial charge in [-0.05, 0) is 48.4 Å². The Hall–Kier alpha value is -1.85. The molecule has 0 aliphatic carbocycles. The van der Waals surface area contributed by atoms with Crippen molar-refractivity contribution in [2.75, 3.05) is 13.1 Å². The van der Waals surface area contributed by atoms with E-state index in [9.17, 15) is 4.79 Å². The van der Waals surface area contributed by atoms with E-state index < -0.39 is 0 Å². The largest absolute Gasteiger partial charge is 0.488 e. The Kier molecular flexibility index (Phi) is 5.53. The van der Waals surface area contributed by atoms with Crippen molar-refractivity contribution in [2.45, 2.75) is 32.4 Å². The maximum Gasteiger partial charge on any atom is 0.254 e. The monoisotopic (exact) mass is 344 g/mol. The first-order valence-electron chi connectivity index (χ1n) is 8.43. The number of rotatable bonds is 5. The first-order valence-corrected chi connectivity index (χ1v) is 9.31. The van der Waals surface area contributed by atoms with Crippen LogP contribution in [0, 0.1) is 5.92 Å². The molecule has 1 fully saturated rings. The molecule has 5 heteroatoms. The SMILES string of the molecule is CC1CCN(C(=O)c2cccc(OCc3cccs3)c2)C(CN)C1. The second-order valence-electron chi connectivity index (χ2n) is 6.41. The van der Waals surface area contributed by atoms with Gasteiger partial charge < -0.3 is 15.4 Å². The van der Waals surface area contributed by atoms with Gasteiger partial charge in [-0.2, -0.15) is 0 Å². The lowest BCUT2D eigenvalue weighted by Gasteiger charge is -2.38. The van der Waals surface area contributed by atoms with Crippen LogP contribution in [-0.4, -0.2) is 29.9 Å². The molecule has 0 bridgehead atoms. The van der Waals surface area contributed by atoms with Crippen LogP contribution in [0.3, 0.4) is 0 Å². The molecule has 128 valence electrons. The van der Waals surface area contributed by atoms with Crippen LogP contribution in [0.5, 0.6) is 5.75 Å². The zero-order valence-electron chi connectivity index (χ0n) is 14.0. The number of nitrogens with zero attached hydrogens (tertiary/aromatic N) is 1. The van der Waals surface area contributed by atoms with Gasteiger partial charge in [-0.3, -0.25) is 4.79 Å². The summed E-state index contributed by atoms with van der Waals surface area (Å²) in [5, 5.41) is 2.03. The van der Waals surface area contributed by atoms with E-state index in [1.807, 2.05) is 46.7 Å². The third-order valence-electron chi connectivity index (χ3n) is 4.55. The number of benzene rings is 1. The van der Waals surface area contributed by atoms with E-state index in [0.717, 1.165) is 25.1 Å². The molecular weight excluding hydrogens is 320 g/mol. The maximum atomic E-state index is 12.9. The summed E-state index contributed by atoms with van der Waals surface area (Å²) in [4.78, 5) is 16.0. The lowest BCUT2D eigenvalue weighted by Crippen LogP contribution is -2.49. The topological polar surface area (TPSA) is 55.6 Å². The summed E-state index contributed by atoms with van der Waals surface area (Å²) in [7, 11) is 0. The fraction of sp³-hybridized carbons (Fsp3) is 0.421. The van der Waals surface area contributed by atoms with Gasteiger partial charge in [-0.1, -0.05) is 19.1 Å². The van der Waals surface area contributed by atoms with Crippen LogP contribution in [0.25, 0.3) is 0 Å². The molecule has 4 nitrogen and oxygen atoms in total. The second kappa shape index (κ2) is 7.81. The average molecular weight is 344 g/mol. The van der Waals surface area contributed by atoms with E-state index in [-0.39, 0.29) is 11.9 Å². The summed E-state index contributed by atoms with van der Waals surface area (Å²) < 4.78 is 5.81. The van der Waals surface area contributed by atoms with E-state index in [1.54, 1.807) is 11.3 Å². The lowest BCUT2D eigenvalue weighted by atomic mass is 9.92. The standard InChI is InChI=1S/C19H24N2O2S/c1-14-7-8-21(16(10-14)12-20)19(22)15-4-2-5-17(11-15)23-13-18-6-3-9-24-18/h2-6,9,11,14,16H,7-8,10,12-13,20H2,1H3. The van der Waals surface area contributed by atoms with E-state index in [4.69, 9.17) is 10.5 Å². The van der Waals surface area contributed by atoms with Crippen LogP contribution >= 0.6 is 11.3 Å². The minimum absolute atomic E-state index is 0.0546. The molecule has 0 saturated carbocycles. The molecule has 2 atom stereocenters. The van der Waals surface area contributed by atoms with E-state index in [2.05, 4.69) is 6.92 Å².